The van der Waals surface area contributed by atoms with Gasteiger partial charge in [0.05, 0.1) is 13.2 Å². The number of rotatable bonds is 5. The molecule has 0 aliphatic carbocycles. The number of carbonyl (C=O) groups is 1. The highest BCUT2D eigenvalue weighted by Gasteiger charge is 2.33. The maximum Gasteiger partial charge on any atom is 0.242 e. The Kier molecular flexibility index (Phi) is 4.73. The van der Waals surface area contributed by atoms with Gasteiger partial charge in [-0.2, -0.15) is 0 Å². The number of carbonyl (C=O) groups excluding carboxylic acids is 1. The van der Waals surface area contributed by atoms with E-state index in [4.69, 9.17) is 15.2 Å². The molecule has 1 aliphatic heterocycles. The lowest BCUT2D eigenvalue weighted by molar-refractivity contribution is -0.124. The summed E-state index contributed by atoms with van der Waals surface area (Å²) in [6, 6.07) is 5.55. The van der Waals surface area contributed by atoms with Crippen molar-refractivity contribution in [2.24, 2.45) is 11.7 Å². The van der Waals surface area contributed by atoms with Crippen LogP contribution in [0.5, 0.6) is 11.5 Å². The molecular weight excluding hydrogens is 268 g/mol. The summed E-state index contributed by atoms with van der Waals surface area (Å²) in [5, 5.41) is 3.26. The summed E-state index contributed by atoms with van der Waals surface area (Å²) in [4.78, 5) is 12.0. The number of nitrogens with two attached hydrogens (primary N) is 1. The van der Waals surface area contributed by atoms with E-state index in [9.17, 15) is 4.79 Å². The van der Waals surface area contributed by atoms with E-state index in [0.29, 0.717) is 37.2 Å². The molecule has 1 heterocycles. The van der Waals surface area contributed by atoms with Gasteiger partial charge in [-0.25, -0.2) is 0 Å². The summed E-state index contributed by atoms with van der Waals surface area (Å²) < 4.78 is 11.3. The van der Waals surface area contributed by atoms with Crippen LogP contribution in [0.1, 0.15) is 32.8 Å². The Balaban J connectivity index is 2.32. The first-order valence-electron chi connectivity index (χ1n) is 7.38. The third-order valence-corrected chi connectivity index (χ3v) is 3.68. The first-order valence-corrected chi connectivity index (χ1v) is 7.38. The zero-order chi connectivity index (χ0) is 15.5. The second-order valence-corrected chi connectivity index (χ2v) is 5.98. The minimum atomic E-state index is -0.922. The number of amides is 1. The summed E-state index contributed by atoms with van der Waals surface area (Å²) in [6.45, 7) is 7.93. The molecule has 21 heavy (non-hydrogen) atoms. The molecule has 0 saturated heterocycles. The molecule has 1 amide bonds. The first-order chi connectivity index (χ1) is 9.93. The molecule has 1 aliphatic rings. The van der Waals surface area contributed by atoms with E-state index < -0.39 is 11.4 Å². The van der Waals surface area contributed by atoms with Crippen LogP contribution in [0, 0.1) is 5.92 Å². The SMILES string of the molecule is CC(C)CNC(C)(C(N)=O)c1ccc2c(c1)OCCCO2. The van der Waals surface area contributed by atoms with E-state index in [0.717, 1.165) is 12.0 Å². The highest BCUT2D eigenvalue weighted by molar-refractivity contribution is 5.86. The minimum Gasteiger partial charge on any atom is -0.490 e. The normalized spacial score (nSPS) is 17.1. The Morgan fingerprint density at radius 3 is 2.62 bits per heavy atom. The number of nitrogens with one attached hydrogen (secondary N) is 1. The largest absolute Gasteiger partial charge is 0.490 e. The number of fused-ring (bicyclic) bond motifs is 1. The number of hydrogen-bond acceptors (Lipinski definition) is 4. The van der Waals surface area contributed by atoms with Gasteiger partial charge in [0.1, 0.15) is 5.54 Å². The molecule has 0 radical (unpaired) electrons. The van der Waals surface area contributed by atoms with Crippen molar-refractivity contribution in [2.75, 3.05) is 19.8 Å². The van der Waals surface area contributed by atoms with Crippen molar-refractivity contribution < 1.29 is 14.3 Å². The van der Waals surface area contributed by atoms with Crippen LogP contribution in [0.25, 0.3) is 0 Å². The van der Waals surface area contributed by atoms with Gasteiger partial charge in [0.2, 0.25) is 5.91 Å². The van der Waals surface area contributed by atoms with Crippen molar-refractivity contribution in [3.05, 3.63) is 23.8 Å². The lowest BCUT2D eigenvalue weighted by Crippen LogP contribution is -2.51. The average molecular weight is 292 g/mol. The molecule has 1 aromatic rings. The minimum absolute atomic E-state index is 0.405. The van der Waals surface area contributed by atoms with Gasteiger partial charge in [-0.3, -0.25) is 10.1 Å². The van der Waals surface area contributed by atoms with Gasteiger partial charge in [-0.1, -0.05) is 19.9 Å². The van der Waals surface area contributed by atoms with Gasteiger partial charge in [0.25, 0.3) is 0 Å². The van der Waals surface area contributed by atoms with Gasteiger partial charge in [-0.05, 0) is 37.1 Å². The van der Waals surface area contributed by atoms with Gasteiger partial charge in [0.15, 0.2) is 11.5 Å². The van der Waals surface area contributed by atoms with E-state index in [1.54, 1.807) is 6.92 Å². The van der Waals surface area contributed by atoms with E-state index in [-0.39, 0.29) is 0 Å². The standard InChI is InChI=1S/C16H24N2O3/c1-11(2)10-18-16(3,15(17)19)12-5-6-13-14(9-12)21-8-4-7-20-13/h5-6,9,11,18H,4,7-8,10H2,1-3H3,(H2,17,19). The molecule has 0 saturated carbocycles. The molecular formula is C16H24N2O3. The second kappa shape index (κ2) is 6.35. The van der Waals surface area contributed by atoms with Crippen LogP contribution in [0.15, 0.2) is 18.2 Å². The molecule has 0 fully saturated rings. The average Bonchev–Trinajstić information content (AvgIpc) is 2.68. The number of benzene rings is 1. The number of hydrogen-bond donors (Lipinski definition) is 2. The third-order valence-electron chi connectivity index (χ3n) is 3.68. The molecule has 3 N–H and O–H groups in total. The van der Waals surface area contributed by atoms with Crippen LogP contribution in [-0.2, 0) is 10.3 Å². The van der Waals surface area contributed by atoms with E-state index in [1.165, 1.54) is 0 Å². The lowest BCUT2D eigenvalue weighted by atomic mass is 9.90. The molecule has 116 valence electrons. The van der Waals surface area contributed by atoms with E-state index in [1.807, 2.05) is 18.2 Å². The zero-order valence-electron chi connectivity index (χ0n) is 12.9. The maximum atomic E-state index is 12.0. The van der Waals surface area contributed by atoms with Gasteiger partial charge in [-0.15, -0.1) is 0 Å². The molecule has 5 heteroatoms. The van der Waals surface area contributed by atoms with Gasteiger partial charge >= 0.3 is 0 Å². The number of ether oxygens (including phenoxy) is 2. The lowest BCUT2D eigenvalue weighted by Gasteiger charge is -2.29. The van der Waals surface area contributed by atoms with Gasteiger partial charge < -0.3 is 15.2 Å². The summed E-state index contributed by atoms with van der Waals surface area (Å²) in [6.07, 6.45) is 0.850. The van der Waals surface area contributed by atoms with Crippen molar-refractivity contribution in [3.63, 3.8) is 0 Å². The quantitative estimate of drug-likeness (QED) is 0.868. The van der Waals surface area contributed by atoms with E-state index >= 15 is 0 Å². The van der Waals surface area contributed by atoms with Crippen molar-refractivity contribution in [2.45, 2.75) is 32.7 Å². The summed E-state index contributed by atoms with van der Waals surface area (Å²) >= 11 is 0. The molecule has 0 bridgehead atoms. The molecule has 5 nitrogen and oxygen atoms in total. The fraction of sp³-hybridized carbons (Fsp3) is 0.562. The van der Waals surface area contributed by atoms with Crippen LogP contribution in [-0.4, -0.2) is 25.7 Å². The smallest absolute Gasteiger partial charge is 0.242 e. The molecule has 1 atom stereocenters. The summed E-state index contributed by atoms with van der Waals surface area (Å²) in [7, 11) is 0. The van der Waals surface area contributed by atoms with Crippen molar-refractivity contribution in [3.8, 4) is 11.5 Å². The fourth-order valence-corrected chi connectivity index (χ4v) is 2.21. The Morgan fingerprint density at radius 2 is 2.00 bits per heavy atom. The summed E-state index contributed by atoms with van der Waals surface area (Å²) in [5.74, 6) is 1.40. The maximum absolute atomic E-state index is 12.0. The molecule has 2 rings (SSSR count). The molecule has 0 spiro atoms. The predicted octanol–water partition coefficient (Wildman–Crippen LogP) is 1.79. The van der Waals surface area contributed by atoms with Crippen LogP contribution in [0.3, 0.4) is 0 Å². The Labute approximate surface area is 125 Å². The van der Waals surface area contributed by atoms with Crippen molar-refractivity contribution in [1.29, 1.82) is 0 Å². The monoisotopic (exact) mass is 292 g/mol. The molecule has 1 unspecified atom stereocenters. The topological polar surface area (TPSA) is 73.6 Å². The Morgan fingerprint density at radius 1 is 1.33 bits per heavy atom. The molecule has 0 aromatic heterocycles. The fourth-order valence-electron chi connectivity index (χ4n) is 2.21. The second-order valence-electron chi connectivity index (χ2n) is 5.98. The predicted molar refractivity (Wildman–Crippen MR) is 81.4 cm³/mol. The highest BCUT2D eigenvalue weighted by Crippen LogP contribution is 2.34. The van der Waals surface area contributed by atoms with Crippen LogP contribution in [0.4, 0.5) is 0 Å². The van der Waals surface area contributed by atoms with Crippen LogP contribution < -0.4 is 20.5 Å². The van der Waals surface area contributed by atoms with Crippen LogP contribution in [0.2, 0.25) is 0 Å². The van der Waals surface area contributed by atoms with E-state index in [2.05, 4.69) is 19.2 Å². The zero-order valence-corrected chi connectivity index (χ0v) is 12.9. The Bertz CT molecular complexity index is 516. The van der Waals surface area contributed by atoms with Crippen LogP contribution >= 0.6 is 0 Å². The first kappa shape index (κ1) is 15.6. The van der Waals surface area contributed by atoms with Crippen molar-refractivity contribution >= 4 is 5.91 Å². The third kappa shape index (κ3) is 3.47. The molecule has 1 aromatic carbocycles. The summed E-state index contributed by atoms with van der Waals surface area (Å²) in [5.41, 5.74) is 5.49. The Hall–Kier alpha value is -1.75. The highest BCUT2D eigenvalue weighted by atomic mass is 16.5. The van der Waals surface area contributed by atoms with Gasteiger partial charge in [0, 0.05) is 6.42 Å². The number of primary amides is 1. The van der Waals surface area contributed by atoms with Crippen molar-refractivity contribution in [1.82, 2.24) is 5.32 Å².